The van der Waals surface area contributed by atoms with E-state index < -0.39 is 23.5 Å². The molecule has 0 aromatic heterocycles. The highest BCUT2D eigenvalue weighted by Gasteiger charge is 2.30. The lowest BCUT2D eigenvalue weighted by atomic mass is 9.90. The number of phenolic OH excluding ortho intramolecular Hbond substituents is 2. The van der Waals surface area contributed by atoms with Crippen LogP contribution in [0.2, 0.25) is 0 Å². The lowest BCUT2D eigenvalue weighted by molar-refractivity contribution is -0.137. The minimum atomic E-state index is -1.69. The van der Waals surface area contributed by atoms with E-state index in [-0.39, 0.29) is 28.4 Å². The number of carboxylic acid groups (broad SMARTS) is 1. The molecule has 2 rings (SSSR count). The van der Waals surface area contributed by atoms with Crippen molar-refractivity contribution >= 4 is 11.8 Å². The molecule has 0 fully saturated rings. The van der Waals surface area contributed by atoms with Crippen molar-refractivity contribution in [2.45, 2.75) is 5.92 Å². The minimum Gasteiger partial charge on any atom is -0.508 e. The molecule has 1 atom stereocenters. The van der Waals surface area contributed by atoms with E-state index in [9.17, 15) is 29.3 Å². The Kier molecular flexibility index (Phi) is 4.49. The summed E-state index contributed by atoms with van der Waals surface area (Å²) in [6.45, 7) is 0. The highest BCUT2D eigenvalue weighted by atomic mass is 19.1. The van der Waals surface area contributed by atoms with Gasteiger partial charge >= 0.3 is 5.97 Å². The summed E-state index contributed by atoms with van der Waals surface area (Å²) in [5.41, 5.74) is -0.283. The van der Waals surface area contributed by atoms with E-state index in [4.69, 9.17) is 4.74 Å². The fourth-order valence-corrected chi connectivity index (χ4v) is 2.18. The van der Waals surface area contributed by atoms with Crippen LogP contribution >= 0.6 is 0 Å². The molecule has 0 aliphatic heterocycles. The van der Waals surface area contributed by atoms with Crippen molar-refractivity contribution in [3.63, 3.8) is 0 Å². The van der Waals surface area contributed by atoms with Gasteiger partial charge in [0.2, 0.25) is 0 Å². The number of carboxylic acids is 1. The first kappa shape index (κ1) is 16.3. The van der Waals surface area contributed by atoms with Crippen LogP contribution in [0, 0.1) is 5.82 Å². The van der Waals surface area contributed by atoms with Gasteiger partial charge in [-0.15, -0.1) is 0 Å². The van der Waals surface area contributed by atoms with Gasteiger partial charge in [-0.2, -0.15) is 0 Å². The lowest BCUT2D eigenvalue weighted by Crippen LogP contribution is -2.22. The summed E-state index contributed by atoms with van der Waals surface area (Å²) in [6, 6.07) is 6.43. The van der Waals surface area contributed by atoms with Crippen molar-refractivity contribution in [2.24, 2.45) is 0 Å². The maximum atomic E-state index is 13.7. The van der Waals surface area contributed by atoms with E-state index in [1.165, 1.54) is 19.2 Å². The molecule has 0 saturated carbocycles. The molecule has 23 heavy (non-hydrogen) atoms. The third-order valence-corrected chi connectivity index (χ3v) is 3.20. The summed E-state index contributed by atoms with van der Waals surface area (Å²) in [6.07, 6.45) is 0. The average Bonchev–Trinajstić information content (AvgIpc) is 2.45. The van der Waals surface area contributed by atoms with Gasteiger partial charge in [0.15, 0.2) is 17.3 Å². The molecule has 0 aliphatic rings. The number of hydrogen-bond acceptors (Lipinski definition) is 5. The predicted molar refractivity (Wildman–Crippen MR) is 77.4 cm³/mol. The molecule has 7 heteroatoms. The smallest absolute Gasteiger partial charge is 0.318 e. The molecule has 0 spiro atoms. The Labute approximate surface area is 130 Å². The summed E-state index contributed by atoms with van der Waals surface area (Å²) < 4.78 is 18.4. The molecule has 0 bridgehead atoms. The van der Waals surface area contributed by atoms with Crippen molar-refractivity contribution in [3.8, 4) is 17.2 Å². The van der Waals surface area contributed by atoms with Crippen molar-refractivity contribution in [1.82, 2.24) is 0 Å². The van der Waals surface area contributed by atoms with Crippen molar-refractivity contribution in [2.75, 3.05) is 7.11 Å². The highest BCUT2D eigenvalue weighted by molar-refractivity contribution is 6.12. The second-order valence-corrected chi connectivity index (χ2v) is 4.77. The Bertz CT molecular complexity index is 751. The Hall–Kier alpha value is -3.09. The standard InChI is InChI=1S/C16H13FO6/c1-23-13-3-2-8(6-12(13)17)15(20)14(16(21)22)9-4-10(18)7-11(19)5-9/h2-7,14,18-19H,1H3,(H,21,22). The second-order valence-electron chi connectivity index (χ2n) is 4.77. The van der Waals surface area contributed by atoms with Gasteiger partial charge in [-0.05, 0) is 35.9 Å². The molecule has 0 amide bonds. The van der Waals surface area contributed by atoms with Gasteiger partial charge in [0.25, 0.3) is 0 Å². The fraction of sp³-hybridized carbons (Fsp3) is 0.125. The van der Waals surface area contributed by atoms with E-state index in [1.54, 1.807) is 0 Å². The quantitative estimate of drug-likeness (QED) is 0.577. The first-order valence-electron chi connectivity index (χ1n) is 6.47. The molecule has 0 heterocycles. The molecule has 0 saturated heterocycles. The number of halogens is 1. The number of carbonyl (C=O) groups is 2. The molecule has 6 nitrogen and oxygen atoms in total. The number of ether oxygens (including phenoxy) is 1. The van der Waals surface area contributed by atoms with Crippen LogP contribution in [0.5, 0.6) is 17.2 Å². The molecular weight excluding hydrogens is 307 g/mol. The zero-order chi connectivity index (χ0) is 17.1. The van der Waals surface area contributed by atoms with E-state index in [0.717, 1.165) is 24.3 Å². The van der Waals surface area contributed by atoms with Gasteiger partial charge in [-0.25, -0.2) is 4.39 Å². The molecule has 2 aromatic rings. The maximum Gasteiger partial charge on any atom is 0.318 e. The fourth-order valence-electron chi connectivity index (χ4n) is 2.18. The topological polar surface area (TPSA) is 104 Å². The minimum absolute atomic E-state index is 0.0802. The number of methoxy groups -OCH3 is 1. The van der Waals surface area contributed by atoms with Crippen LogP contribution in [0.1, 0.15) is 21.8 Å². The monoisotopic (exact) mass is 320 g/mol. The van der Waals surface area contributed by atoms with Crippen LogP contribution in [0.25, 0.3) is 0 Å². The molecule has 0 radical (unpaired) electrons. The number of hydrogen-bond donors (Lipinski definition) is 3. The Balaban J connectivity index is 2.47. The SMILES string of the molecule is COc1ccc(C(=O)C(C(=O)O)c2cc(O)cc(O)c2)cc1F. The second kappa shape index (κ2) is 6.35. The van der Waals surface area contributed by atoms with E-state index >= 15 is 0 Å². The van der Waals surface area contributed by atoms with Crippen LogP contribution in [0.4, 0.5) is 4.39 Å². The van der Waals surface area contributed by atoms with Gasteiger partial charge in [-0.3, -0.25) is 9.59 Å². The summed E-state index contributed by atoms with van der Waals surface area (Å²) >= 11 is 0. The molecule has 3 N–H and O–H groups in total. The molecular formula is C16H13FO6. The Morgan fingerprint density at radius 3 is 2.17 bits per heavy atom. The third-order valence-electron chi connectivity index (χ3n) is 3.20. The van der Waals surface area contributed by atoms with E-state index in [0.29, 0.717) is 0 Å². The van der Waals surface area contributed by atoms with Crippen molar-refractivity contribution < 1.29 is 34.0 Å². The number of ketones is 1. The van der Waals surface area contributed by atoms with Crippen LogP contribution in [-0.4, -0.2) is 34.2 Å². The predicted octanol–water partition coefficient (Wildman–Crippen LogP) is 2.30. The maximum absolute atomic E-state index is 13.7. The summed E-state index contributed by atoms with van der Waals surface area (Å²) in [4.78, 5) is 23.9. The normalized spacial score (nSPS) is 11.7. The lowest BCUT2D eigenvalue weighted by Gasteiger charge is -2.13. The number of rotatable bonds is 5. The van der Waals surface area contributed by atoms with Gasteiger partial charge < -0.3 is 20.1 Å². The highest BCUT2D eigenvalue weighted by Crippen LogP contribution is 2.29. The van der Waals surface area contributed by atoms with E-state index in [2.05, 4.69) is 0 Å². The van der Waals surface area contributed by atoms with Gasteiger partial charge in [0.05, 0.1) is 7.11 Å². The van der Waals surface area contributed by atoms with Gasteiger partial charge in [0.1, 0.15) is 17.4 Å². The summed E-state index contributed by atoms with van der Waals surface area (Å²) in [7, 11) is 1.26. The van der Waals surface area contributed by atoms with Crippen LogP contribution in [0.3, 0.4) is 0 Å². The number of aromatic hydroxyl groups is 2. The number of Topliss-reactive ketones (excluding diaryl/α,β-unsaturated/α-hetero) is 1. The summed E-state index contributed by atoms with van der Waals surface area (Å²) in [5, 5.41) is 28.2. The van der Waals surface area contributed by atoms with Gasteiger partial charge in [0, 0.05) is 11.6 Å². The zero-order valence-electron chi connectivity index (χ0n) is 12.0. The Morgan fingerprint density at radius 1 is 1.09 bits per heavy atom. The third kappa shape index (κ3) is 3.39. The molecule has 1 unspecified atom stereocenters. The molecule has 120 valence electrons. The first-order chi connectivity index (χ1) is 10.8. The first-order valence-corrected chi connectivity index (χ1v) is 6.47. The summed E-state index contributed by atoms with van der Waals surface area (Å²) in [5.74, 6) is -5.73. The molecule has 2 aromatic carbocycles. The Morgan fingerprint density at radius 2 is 1.70 bits per heavy atom. The number of aliphatic carboxylic acids is 1. The zero-order valence-corrected chi connectivity index (χ0v) is 12.0. The van der Waals surface area contributed by atoms with Crippen LogP contribution in [-0.2, 0) is 4.79 Å². The number of carbonyl (C=O) groups excluding carboxylic acids is 1. The van der Waals surface area contributed by atoms with Crippen LogP contribution in [0.15, 0.2) is 36.4 Å². The van der Waals surface area contributed by atoms with Crippen molar-refractivity contribution in [3.05, 3.63) is 53.3 Å². The van der Waals surface area contributed by atoms with E-state index in [1.807, 2.05) is 0 Å². The molecule has 0 aliphatic carbocycles. The van der Waals surface area contributed by atoms with Gasteiger partial charge in [-0.1, -0.05) is 0 Å². The number of phenols is 2. The van der Waals surface area contributed by atoms with Crippen LogP contribution < -0.4 is 4.74 Å². The number of benzene rings is 2. The van der Waals surface area contributed by atoms with Crippen molar-refractivity contribution in [1.29, 1.82) is 0 Å². The largest absolute Gasteiger partial charge is 0.508 e. The average molecular weight is 320 g/mol.